The van der Waals surface area contributed by atoms with E-state index in [1.54, 1.807) is 18.9 Å². The molecule has 0 saturated carbocycles. The minimum atomic E-state index is -0.712. The summed E-state index contributed by atoms with van der Waals surface area (Å²) in [7, 11) is 1.69. The van der Waals surface area contributed by atoms with Gasteiger partial charge in [0.1, 0.15) is 0 Å². The number of hydrogen-bond donors (Lipinski definition) is 2. The Hall–Kier alpha value is -1.39. The minimum Gasteiger partial charge on any atom is -0.396 e. The van der Waals surface area contributed by atoms with E-state index in [1.165, 1.54) is 0 Å². The fourth-order valence-electron chi connectivity index (χ4n) is 2.01. The molecule has 0 radical (unpaired) electrons. The predicted octanol–water partition coefficient (Wildman–Crippen LogP) is 1.59. The van der Waals surface area contributed by atoms with Crippen molar-refractivity contribution in [2.24, 2.45) is 5.92 Å². The van der Waals surface area contributed by atoms with Crippen LogP contribution in [0.25, 0.3) is 0 Å². The zero-order chi connectivity index (χ0) is 14.4. The van der Waals surface area contributed by atoms with Crippen LogP contribution in [0.3, 0.4) is 0 Å². The second-order valence-corrected chi connectivity index (χ2v) is 4.96. The van der Waals surface area contributed by atoms with Crippen molar-refractivity contribution in [2.45, 2.75) is 32.4 Å². The number of carbonyl (C=O) groups excluding carboxylic acids is 1. The molecule has 106 valence electrons. The zero-order valence-corrected chi connectivity index (χ0v) is 11.8. The number of amides is 1. The molecule has 0 aliphatic heterocycles. The van der Waals surface area contributed by atoms with E-state index in [4.69, 9.17) is 5.11 Å². The maximum absolute atomic E-state index is 12.1. The Morgan fingerprint density at radius 3 is 2.37 bits per heavy atom. The molecular formula is C15H23NO3. The fourth-order valence-corrected chi connectivity index (χ4v) is 2.01. The average Bonchev–Trinajstić information content (AvgIpc) is 2.45. The molecule has 0 aromatic heterocycles. The lowest BCUT2D eigenvalue weighted by atomic mass is 10.0. The van der Waals surface area contributed by atoms with Gasteiger partial charge in [0.05, 0.1) is 12.1 Å². The standard InChI is InChI=1S/C15H23NO3/c1-11(9-10-17)15(19)16(3)12(2)14(18)13-7-5-4-6-8-13/h4-8,11-12,14,17-18H,9-10H2,1-3H3/t11-,12-,14+/m0/s1. The molecule has 0 unspecified atom stereocenters. The number of carbonyl (C=O) groups is 1. The van der Waals surface area contributed by atoms with Gasteiger partial charge in [-0.1, -0.05) is 37.3 Å². The van der Waals surface area contributed by atoms with Crippen molar-refractivity contribution in [2.75, 3.05) is 13.7 Å². The number of hydrogen-bond acceptors (Lipinski definition) is 3. The molecule has 1 rings (SSSR count). The first kappa shape index (κ1) is 15.7. The molecule has 0 aliphatic carbocycles. The Morgan fingerprint density at radius 1 is 1.26 bits per heavy atom. The Balaban J connectivity index is 2.71. The lowest BCUT2D eigenvalue weighted by Gasteiger charge is -2.31. The molecule has 0 fully saturated rings. The summed E-state index contributed by atoms with van der Waals surface area (Å²) in [5.74, 6) is -0.294. The van der Waals surface area contributed by atoms with Crippen LogP contribution < -0.4 is 0 Å². The third kappa shape index (κ3) is 4.04. The van der Waals surface area contributed by atoms with Gasteiger partial charge in [-0.05, 0) is 18.9 Å². The van der Waals surface area contributed by atoms with Crippen molar-refractivity contribution < 1.29 is 15.0 Å². The Morgan fingerprint density at radius 2 is 1.84 bits per heavy atom. The number of benzene rings is 1. The van der Waals surface area contributed by atoms with E-state index in [0.717, 1.165) is 5.56 Å². The first-order valence-electron chi connectivity index (χ1n) is 6.59. The molecule has 2 N–H and O–H groups in total. The number of aliphatic hydroxyl groups is 2. The van der Waals surface area contributed by atoms with Crippen molar-refractivity contribution in [3.63, 3.8) is 0 Å². The van der Waals surface area contributed by atoms with Crippen LogP contribution in [0.4, 0.5) is 0 Å². The fraction of sp³-hybridized carbons (Fsp3) is 0.533. The molecule has 0 saturated heterocycles. The van der Waals surface area contributed by atoms with Crippen LogP contribution in [0.1, 0.15) is 31.9 Å². The molecule has 1 aromatic carbocycles. The van der Waals surface area contributed by atoms with Gasteiger partial charge in [-0.2, -0.15) is 0 Å². The van der Waals surface area contributed by atoms with Crippen molar-refractivity contribution >= 4 is 5.91 Å². The van der Waals surface area contributed by atoms with Crippen LogP contribution in [0.15, 0.2) is 30.3 Å². The third-order valence-electron chi connectivity index (χ3n) is 3.54. The Kier molecular flexibility index (Phi) is 5.99. The van der Waals surface area contributed by atoms with Gasteiger partial charge in [0.25, 0.3) is 0 Å². The summed E-state index contributed by atoms with van der Waals surface area (Å²) in [6.45, 7) is 3.61. The van der Waals surface area contributed by atoms with E-state index in [1.807, 2.05) is 37.3 Å². The molecule has 0 bridgehead atoms. The summed E-state index contributed by atoms with van der Waals surface area (Å²) in [6.07, 6.45) is -0.270. The first-order valence-corrected chi connectivity index (χ1v) is 6.59. The number of rotatable bonds is 6. The molecular weight excluding hydrogens is 242 g/mol. The molecule has 0 heterocycles. The third-order valence-corrected chi connectivity index (χ3v) is 3.54. The smallest absolute Gasteiger partial charge is 0.225 e. The van der Waals surface area contributed by atoms with Gasteiger partial charge in [0, 0.05) is 19.6 Å². The van der Waals surface area contributed by atoms with Crippen LogP contribution >= 0.6 is 0 Å². The van der Waals surface area contributed by atoms with E-state index >= 15 is 0 Å². The lowest BCUT2D eigenvalue weighted by Crippen LogP contribution is -2.41. The van der Waals surface area contributed by atoms with Gasteiger partial charge < -0.3 is 15.1 Å². The summed E-state index contributed by atoms with van der Waals surface area (Å²) in [5.41, 5.74) is 0.796. The second-order valence-electron chi connectivity index (χ2n) is 4.96. The second kappa shape index (κ2) is 7.26. The van der Waals surface area contributed by atoms with E-state index in [0.29, 0.717) is 6.42 Å². The van der Waals surface area contributed by atoms with E-state index < -0.39 is 6.10 Å². The van der Waals surface area contributed by atoms with E-state index in [2.05, 4.69) is 0 Å². The highest BCUT2D eigenvalue weighted by Gasteiger charge is 2.26. The maximum atomic E-state index is 12.1. The molecule has 4 heteroatoms. The molecule has 0 spiro atoms. The van der Waals surface area contributed by atoms with Gasteiger partial charge in [-0.15, -0.1) is 0 Å². The summed E-state index contributed by atoms with van der Waals surface area (Å²) in [4.78, 5) is 13.7. The number of aliphatic hydroxyl groups excluding tert-OH is 2. The topological polar surface area (TPSA) is 60.8 Å². The van der Waals surface area contributed by atoms with Gasteiger partial charge >= 0.3 is 0 Å². The number of likely N-dealkylation sites (N-methyl/N-ethyl adjacent to an activating group) is 1. The van der Waals surface area contributed by atoms with Crippen molar-refractivity contribution in [1.29, 1.82) is 0 Å². The molecule has 19 heavy (non-hydrogen) atoms. The summed E-state index contributed by atoms with van der Waals surface area (Å²) >= 11 is 0. The van der Waals surface area contributed by atoms with Gasteiger partial charge in [-0.3, -0.25) is 4.79 Å². The van der Waals surface area contributed by atoms with Crippen LogP contribution in [0.2, 0.25) is 0 Å². The highest BCUT2D eigenvalue weighted by Crippen LogP contribution is 2.21. The monoisotopic (exact) mass is 265 g/mol. The van der Waals surface area contributed by atoms with Crippen molar-refractivity contribution in [3.8, 4) is 0 Å². The minimum absolute atomic E-state index is 0.00360. The van der Waals surface area contributed by atoms with Crippen LogP contribution in [0.5, 0.6) is 0 Å². The SMILES string of the molecule is C[C@@H](CCO)C(=O)N(C)[C@@H](C)[C@@H](O)c1ccccc1. The number of nitrogens with zero attached hydrogens (tertiary/aromatic N) is 1. The molecule has 0 aliphatic rings. The molecule has 4 nitrogen and oxygen atoms in total. The summed E-state index contributed by atoms with van der Waals surface area (Å²) in [6, 6.07) is 8.99. The van der Waals surface area contributed by atoms with Crippen molar-refractivity contribution in [3.05, 3.63) is 35.9 Å². The van der Waals surface area contributed by atoms with E-state index in [9.17, 15) is 9.90 Å². The van der Waals surface area contributed by atoms with Gasteiger partial charge in [-0.25, -0.2) is 0 Å². The summed E-state index contributed by atoms with van der Waals surface area (Å²) in [5, 5.41) is 19.1. The average molecular weight is 265 g/mol. The largest absolute Gasteiger partial charge is 0.396 e. The molecule has 3 atom stereocenters. The predicted molar refractivity (Wildman–Crippen MR) is 74.5 cm³/mol. The first-order chi connectivity index (χ1) is 8.99. The van der Waals surface area contributed by atoms with Crippen LogP contribution in [-0.4, -0.2) is 40.7 Å². The quantitative estimate of drug-likeness (QED) is 0.821. The van der Waals surface area contributed by atoms with Gasteiger partial charge in [0.2, 0.25) is 5.91 Å². The molecule has 1 amide bonds. The maximum Gasteiger partial charge on any atom is 0.225 e. The zero-order valence-electron chi connectivity index (χ0n) is 11.8. The van der Waals surface area contributed by atoms with Crippen molar-refractivity contribution in [1.82, 2.24) is 4.90 Å². The summed E-state index contributed by atoms with van der Waals surface area (Å²) < 4.78 is 0. The van der Waals surface area contributed by atoms with E-state index in [-0.39, 0.29) is 24.5 Å². The van der Waals surface area contributed by atoms with Gasteiger partial charge in [0.15, 0.2) is 0 Å². The highest BCUT2D eigenvalue weighted by molar-refractivity contribution is 5.78. The normalized spacial score (nSPS) is 15.6. The van der Waals surface area contributed by atoms with Crippen LogP contribution in [0, 0.1) is 5.92 Å². The Bertz CT molecular complexity index is 394. The Labute approximate surface area is 114 Å². The van der Waals surface area contributed by atoms with Crippen LogP contribution in [-0.2, 0) is 4.79 Å². The highest BCUT2D eigenvalue weighted by atomic mass is 16.3. The molecule has 1 aromatic rings. The lowest BCUT2D eigenvalue weighted by molar-refractivity contribution is -0.138.